The van der Waals surface area contributed by atoms with Crippen molar-refractivity contribution in [3.05, 3.63) is 64.2 Å². The second-order valence-electron chi connectivity index (χ2n) is 12.2. The van der Waals surface area contributed by atoms with Gasteiger partial charge in [-0.05, 0) is 77.5 Å². The van der Waals surface area contributed by atoms with Gasteiger partial charge in [-0.3, -0.25) is 9.59 Å². The molecule has 0 aromatic heterocycles. The van der Waals surface area contributed by atoms with Gasteiger partial charge in [0, 0.05) is 12.2 Å². The van der Waals surface area contributed by atoms with Crippen molar-refractivity contribution >= 4 is 23.6 Å². The minimum atomic E-state index is -0.886. The van der Waals surface area contributed by atoms with Gasteiger partial charge in [0.25, 0.3) is 5.91 Å². The highest BCUT2D eigenvalue weighted by Gasteiger charge is 2.37. The number of carbonyl (C=O) groups is 3. The minimum absolute atomic E-state index is 0.227. The summed E-state index contributed by atoms with van der Waals surface area (Å²) in [5, 5.41) is 5.93. The van der Waals surface area contributed by atoms with Crippen LogP contribution >= 0.6 is 0 Å². The van der Waals surface area contributed by atoms with E-state index >= 15 is 0 Å². The van der Waals surface area contributed by atoms with Gasteiger partial charge in [-0.1, -0.05) is 81.1 Å². The molecule has 0 aliphatic carbocycles. The highest BCUT2D eigenvalue weighted by Crippen LogP contribution is 2.29. The van der Waals surface area contributed by atoms with Crippen molar-refractivity contribution in [2.45, 2.75) is 106 Å². The number of rotatable bonds is 11. The monoisotopic (exact) mass is 551 g/mol. The number of anilines is 1. The van der Waals surface area contributed by atoms with E-state index in [0.29, 0.717) is 6.54 Å². The van der Waals surface area contributed by atoms with E-state index in [4.69, 9.17) is 4.74 Å². The lowest BCUT2D eigenvalue weighted by Crippen LogP contribution is -2.54. The van der Waals surface area contributed by atoms with E-state index in [1.54, 1.807) is 25.7 Å². The van der Waals surface area contributed by atoms with E-state index in [9.17, 15) is 14.4 Å². The van der Waals surface area contributed by atoms with Gasteiger partial charge in [0.2, 0.25) is 5.91 Å². The number of carbonyl (C=O) groups excluding carboxylic acids is 3. The maximum absolute atomic E-state index is 14.3. The first-order valence-electron chi connectivity index (χ1n) is 14.4. The van der Waals surface area contributed by atoms with Gasteiger partial charge >= 0.3 is 6.09 Å². The van der Waals surface area contributed by atoms with Crippen LogP contribution in [-0.4, -0.2) is 41.0 Å². The topological polar surface area (TPSA) is 87.7 Å². The molecular weight excluding hydrogens is 502 g/mol. The van der Waals surface area contributed by atoms with Crippen molar-refractivity contribution < 1.29 is 19.1 Å². The Morgan fingerprint density at radius 2 is 1.50 bits per heavy atom. The van der Waals surface area contributed by atoms with Gasteiger partial charge in [0.15, 0.2) is 0 Å². The zero-order valence-corrected chi connectivity index (χ0v) is 26.1. The van der Waals surface area contributed by atoms with E-state index in [1.165, 1.54) is 0 Å². The average molecular weight is 552 g/mol. The Balaban J connectivity index is 2.62. The highest BCUT2D eigenvalue weighted by atomic mass is 16.6. The quantitative estimate of drug-likeness (QED) is 0.290. The maximum atomic E-state index is 14.3. The summed E-state index contributed by atoms with van der Waals surface area (Å²) in [5.41, 5.74) is 4.69. The van der Waals surface area contributed by atoms with E-state index in [0.717, 1.165) is 52.8 Å². The summed E-state index contributed by atoms with van der Waals surface area (Å²) in [6, 6.07) is 10.1. The summed E-state index contributed by atoms with van der Waals surface area (Å²) in [5.74, 6) is -0.819. The SMILES string of the molecule is CCCCCN(C(=O)C(NC(=O)OC(C)(C)C)C(C)C)C(C(=O)Nc1c(C)cccc1C)c1cc(C)cc(C)c1. The number of unbranched alkanes of at least 4 members (excludes halogenated alkanes) is 2. The molecule has 7 nitrogen and oxygen atoms in total. The van der Waals surface area contributed by atoms with E-state index in [1.807, 2.05) is 77.9 Å². The summed E-state index contributed by atoms with van der Waals surface area (Å²) >= 11 is 0. The fraction of sp³-hybridized carbons (Fsp3) is 0.545. The third-order valence-corrected chi connectivity index (χ3v) is 6.74. The van der Waals surface area contributed by atoms with Crippen LogP contribution in [0.1, 0.15) is 94.7 Å². The van der Waals surface area contributed by atoms with Crippen LogP contribution in [-0.2, 0) is 14.3 Å². The lowest BCUT2D eigenvalue weighted by atomic mass is 9.96. The van der Waals surface area contributed by atoms with Gasteiger partial charge in [0.1, 0.15) is 17.7 Å². The number of para-hydroxylation sites is 1. The fourth-order valence-corrected chi connectivity index (χ4v) is 4.87. The molecule has 2 aromatic carbocycles. The number of nitrogens with one attached hydrogen (secondary N) is 2. The standard InChI is InChI=1S/C33H49N3O4/c1-11-12-13-17-36(31(38)27(21(2)3)35-32(39)40-33(8,9)10)29(26-19-22(4)18-23(5)20-26)30(37)34-28-24(6)15-14-16-25(28)7/h14-16,18-21,27,29H,11-13,17H2,1-10H3,(H,34,37)(H,35,39). The molecule has 0 saturated carbocycles. The van der Waals surface area contributed by atoms with E-state index < -0.39 is 23.8 Å². The van der Waals surface area contributed by atoms with Crippen molar-refractivity contribution in [2.24, 2.45) is 5.92 Å². The number of aryl methyl sites for hydroxylation is 4. The number of nitrogens with zero attached hydrogens (tertiary/aromatic N) is 1. The normalized spacial score (nSPS) is 13.0. The first-order valence-corrected chi connectivity index (χ1v) is 14.4. The molecule has 0 aliphatic rings. The Morgan fingerprint density at radius 3 is 2.00 bits per heavy atom. The predicted octanol–water partition coefficient (Wildman–Crippen LogP) is 7.17. The molecule has 0 aliphatic heterocycles. The number of hydrogen-bond donors (Lipinski definition) is 2. The summed E-state index contributed by atoms with van der Waals surface area (Å²) in [6.07, 6.45) is 1.95. The van der Waals surface area contributed by atoms with Gasteiger partial charge in [-0.2, -0.15) is 0 Å². The number of ether oxygens (including phenoxy) is 1. The molecule has 0 bridgehead atoms. The Labute approximate surface area is 241 Å². The number of hydrogen-bond acceptors (Lipinski definition) is 4. The second kappa shape index (κ2) is 14.3. The van der Waals surface area contributed by atoms with Crippen molar-refractivity contribution in [1.29, 1.82) is 0 Å². The zero-order valence-electron chi connectivity index (χ0n) is 26.1. The van der Waals surface area contributed by atoms with Crippen LogP contribution in [0.25, 0.3) is 0 Å². The lowest BCUT2D eigenvalue weighted by molar-refractivity contribution is -0.141. The van der Waals surface area contributed by atoms with Crippen molar-refractivity contribution in [2.75, 3.05) is 11.9 Å². The Kier molecular flexibility index (Phi) is 11.8. The van der Waals surface area contributed by atoms with Crippen LogP contribution < -0.4 is 10.6 Å². The molecule has 0 saturated heterocycles. The van der Waals surface area contributed by atoms with Gasteiger partial charge in [-0.15, -0.1) is 0 Å². The first kappa shape index (κ1) is 32.9. The van der Waals surface area contributed by atoms with Crippen LogP contribution in [0, 0.1) is 33.6 Å². The van der Waals surface area contributed by atoms with E-state index in [2.05, 4.69) is 17.6 Å². The largest absolute Gasteiger partial charge is 0.444 e. The smallest absolute Gasteiger partial charge is 0.408 e. The molecule has 220 valence electrons. The zero-order chi connectivity index (χ0) is 30.2. The molecule has 2 N–H and O–H groups in total. The third kappa shape index (κ3) is 9.39. The second-order valence-corrected chi connectivity index (χ2v) is 12.2. The maximum Gasteiger partial charge on any atom is 0.408 e. The number of benzene rings is 2. The van der Waals surface area contributed by atoms with Crippen molar-refractivity contribution in [1.82, 2.24) is 10.2 Å². The Hall–Kier alpha value is -3.35. The molecule has 0 heterocycles. The highest BCUT2D eigenvalue weighted by molar-refractivity contribution is 6.00. The minimum Gasteiger partial charge on any atom is -0.444 e. The Morgan fingerprint density at radius 1 is 0.925 bits per heavy atom. The molecule has 40 heavy (non-hydrogen) atoms. The average Bonchev–Trinajstić information content (AvgIpc) is 2.82. The number of alkyl carbamates (subject to hydrolysis) is 1. The predicted molar refractivity (Wildman–Crippen MR) is 162 cm³/mol. The molecule has 2 rings (SSSR count). The summed E-state index contributed by atoms with van der Waals surface area (Å²) < 4.78 is 5.48. The van der Waals surface area contributed by atoms with Gasteiger partial charge < -0.3 is 20.3 Å². The van der Waals surface area contributed by atoms with Crippen molar-refractivity contribution in [3.63, 3.8) is 0 Å². The van der Waals surface area contributed by atoms with Crippen LogP contribution in [0.2, 0.25) is 0 Å². The molecule has 2 aromatic rings. The summed E-state index contributed by atoms with van der Waals surface area (Å²) in [6.45, 7) is 19.5. The van der Waals surface area contributed by atoms with Gasteiger partial charge in [-0.25, -0.2) is 4.79 Å². The molecular formula is C33H49N3O4. The number of amides is 3. The molecule has 2 atom stereocenters. The van der Waals surface area contributed by atoms with E-state index in [-0.39, 0.29) is 17.7 Å². The summed E-state index contributed by atoms with van der Waals surface area (Å²) in [7, 11) is 0. The molecule has 3 amide bonds. The lowest BCUT2D eigenvalue weighted by Gasteiger charge is -2.36. The molecule has 0 radical (unpaired) electrons. The fourth-order valence-electron chi connectivity index (χ4n) is 4.87. The molecule has 7 heteroatoms. The van der Waals surface area contributed by atoms with Crippen LogP contribution in [0.3, 0.4) is 0 Å². The molecule has 2 unspecified atom stereocenters. The first-order chi connectivity index (χ1) is 18.6. The van der Waals surface area contributed by atoms with Crippen LogP contribution in [0.15, 0.2) is 36.4 Å². The Bertz CT molecular complexity index is 1140. The van der Waals surface area contributed by atoms with Crippen LogP contribution in [0.4, 0.5) is 10.5 Å². The van der Waals surface area contributed by atoms with Gasteiger partial charge in [0.05, 0.1) is 0 Å². The van der Waals surface area contributed by atoms with Crippen LogP contribution in [0.5, 0.6) is 0 Å². The molecule has 0 fully saturated rings. The molecule has 0 spiro atoms. The third-order valence-electron chi connectivity index (χ3n) is 6.74. The van der Waals surface area contributed by atoms with Crippen molar-refractivity contribution in [3.8, 4) is 0 Å². The summed E-state index contributed by atoms with van der Waals surface area (Å²) in [4.78, 5) is 42.9.